The second kappa shape index (κ2) is 14.3. The summed E-state index contributed by atoms with van der Waals surface area (Å²) in [5.41, 5.74) is 15.9. The van der Waals surface area contributed by atoms with Crippen LogP contribution in [0.15, 0.2) is 211 Å². The lowest BCUT2D eigenvalue weighted by Crippen LogP contribution is -1.96. The van der Waals surface area contributed by atoms with E-state index in [1.807, 2.05) is 0 Å². The number of aromatic nitrogens is 3. The molecule has 0 atom stereocenters. The van der Waals surface area contributed by atoms with Gasteiger partial charge in [-0.2, -0.15) is 0 Å². The summed E-state index contributed by atoms with van der Waals surface area (Å²) >= 11 is 0. The molecule has 0 spiro atoms. The first-order valence-electron chi connectivity index (χ1n) is 20.5. The molecule has 0 N–H and O–H groups in total. The molecule has 60 heavy (non-hydrogen) atoms. The number of nitrogens with zero attached hydrogens (tertiary/aromatic N) is 3. The topological polar surface area (TPSA) is 22.8 Å². The van der Waals surface area contributed by atoms with Crippen molar-refractivity contribution in [3.05, 3.63) is 206 Å². The fourth-order valence-electron chi connectivity index (χ4n) is 8.90. The summed E-state index contributed by atoms with van der Waals surface area (Å²) < 4.78 is 4.85. The maximum absolute atomic E-state index is 5.15. The van der Waals surface area contributed by atoms with Crippen molar-refractivity contribution in [2.45, 2.75) is 4.90 Å². The van der Waals surface area contributed by atoms with Gasteiger partial charge in [0, 0.05) is 44.0 Å². The molecular formula is C56H43N3S. The molecule has 11 rings (SSSR count). The highest BCUT2D eigenvalue weighted by Crippen LogP contribution is 2.46. The standard InChI is InChI=1S/C56H43N3S/c1-60(2,3)46-29-27-44(28-30-46)58-54-24-13-11-22-48(54)50-34-41(26-32-55(50)58)42-25-31-49-47-21-10-12-23-53(47)59(56(49)37-42)45-20-14-19-40(33-45)43-35-51(38-15-6-4-7-16-38)57-52(36-43)39-17-8-5-9-18-39/h4-37H,1-3H3. The summed E-state index contributed by atoms with van der Waals surface area (Å²) in [6.45, 7) is 0. The highest BCUT2D eigenvalue weighted by Gasteiger charge is 2.18. The number of para-hydroxylation sites is 2. The number of hydrogen-bond donors (Lipinski definition) is 0. The highest BCUT2D eigenvalue weighted by molar-refractivity contribution is 8.32. The smallest absolute Gasteiger partial charge is 0.0715 e. The number of pyridine rings is 1. The Morgan fingerprint density at radius 1 is 0.317 bits per heavy atom. The Bertz CT molecular complexity index is 3330. The summed E-state index contributed by atoms with van der Waals surface area (Å²) in [6, 6.07) is 75.1. The van der Waals surface area contributed by atoms with Crippen LogP contribution in [-0.4, -0.2) is 32.9 Å². The molecule has 11 aromatic rings. The molecule has 0 radical (unpaired) electrons. The van der Waals surface area contributed by atoms with Crippen molar-refractivity contribution in [3.8, 4) is 56.1 Å². The lowest BCUT2D eigenvalue weighted by molar-refractivity contribution is 1.17. The van der Waals surface area contributed by atoms with Gasteiger partial charge in [-0.05, 0) is 125 Å². The third kappa shape index (κ3) is 6.20. The van der Waals surface area contributed by atoms with Gasteiger partial charge in [0.25, 0.3) is 0 Å². The molecule has 0 bridgehead atoms. The minimum Gasteiger partial charge on any atom is -0.309 e. The second-order valence-corrected chi connectivity index (χ2v) is 20.6. The van der Waals surface area contributed by atoms with Crippen molar-refractivity contribution >= 4 is 53.6 Å². The Labute approximate surface area is 352 Å². The van der Waals surface area contributed by atoms with Gasteiger partial charge in [-0.3, -0.25) is 0 Å². The monoisotopic (exact) mass is 789 g/mol. The first-order chi connectivity index (χ1) is 29.4. The van der Waals surface area contributed by atoms with Crippen LogP contribution in [0.2, 0.25) is 0 Å². The molecule has 4 heteroatoms. The van der Waals surface area contributed by atoms with E-state index < -0.39 is 10.0 Å². The van der Waals surface area contributed by atoms with E-state index in [4.69, 9.17) is 4.98 Å². The third-order valence-electron chi connectivity index (χ3n) is 11.9. The summed E-state index contributed by atoms with van der Waals surface area (Å²) in [7, 11) is -0.806. The van der Waals surface area contributed by atoms with Gasteiger partial charge in [0.2, 0.25) is 0 Å². The molecule has 3 nitrogen and oxygen atoms in total. The first kappa shape index (κ1) is 36.0. The molecule has 3 aromatic heterocycles. The van der Waals surface area contributed by atoms with Crippen LogP contribution in [0.25, 0.3) is 99.8 Å². The third-order valence-corrected chi connectivity index (χ3v) is 13.6. The fraction of sp³-hybridized carbons (Fsp3) is 0.0536. The van der Waals surface area contributed by atoms with Crippen molar-refractivity contribution < 1.29 is 0 Å². The Morgan fingerprint density at radius 2 is 0.817 bits per heavy atom. The molecule has 0 amide bonds. The van der Waals surface area contributed by atoms with Gasteiger partial charge >= 0.3 is 0 Å². The molecule has 0 unspecified atom stereocenters. The Balaban J connectivity index is 1.05. The minimum atomic E-state index is -0.806. The maximum Gasteiger partial charge on any atom is 0.0715 e. The first-order valence-corrected chi connectivity index (χ1v) is 23.3. The average Bonchev–Trinajstić information content (AvgIpc) is 3.81. The number of hydrogen-bond acceptors (Lipinski definition) is 1. The number of rotatable bonds is 7. The van der Waals surface area contributed by atoms with E-state index in [2.05, 4.69) is 234 Å². The molecule has 8 aromatic carbocycles. The van der Waals surface area contributed by atoms with E-state index in [1.54, 1.807) is 0 Å². The molecule has 0 aliphatic carbocycles. The summed E-state index contributed by atoms with van der Waals surface area (Å²) in [4.78, 5) is 6.57. The maximum atomic E-state index is 5.15. The second-order valence-electron chi connectivity index (χ2n) is 16.4. The van der Waals surface area contributed by atoms with E-state index in [0.717, 1.165) is 39.3 Å². The van der Waals surface area contributed by atoms with Gasteiger partial charge in [-0.15, -0.1) is 0 Å². The molecule has 0 fully saturated rings. The van der Waals surface area contributed by atoms with Crippen molar-refractivity contribution in [2.75, 3.05) is 18.8 Å². The average molecular weight is 790 g/mol. The van der Waals surface area contributed by atoms with Crippen LogP contribution in [0.3, 0.4) is 0 Å². The van der Waals surface area contributed by atoms with Crippen molar-refractivity contribution in [2.24, 2.45) is 0 Å². The largest absolute Gasteiger partial charge is 0.309 e. The lowest BCUT2D eigenvalue weighted by Gasteiger charge is -2.26. The molecule has 3 heterocycles. The lowest BCUT2D eigenvalue weighted by atomic mass is 9.99. The Kier molecular flexibility index (Phi) is 8.57. The number of fused-ring (bicyclic) bond motifs is 6. The fourth-order valence-corrected chi connectivity index (χ4v) is 9.85. The van der Waals surface area contributed by atoms with Gasteiger partial charge in [0.1, 0.15) is 0 Å². The quantitative estimate of drug-likeness (QED) is 0.158. The zero-order chi connectivity index (χ0) is 40.4. The van der Waals surface area contributed by atoms with Gasteiger partial charge < -0.3 is 9.13 Å². The van der Waals surface area contributed by atoms with Gasteiger partial charge in [0.15, 0.2) is 0 Å². The van der Waals surface area contributed by atoms with Gasteiger partial charge in [-0.1, -0.05) is 127 Å². The predicted octanol–water partition coefficient (Wildman–Crippen LogP) is 15.0. The van der Waals surface area contributed by atoms with Crippen LogP contribution in [-0.2, 0) is 0 Å². The van der Waals surface area contributed by atoms with E-state index in [-0.39, 0.29) is 0 Å². The normalized spacial score (nSPS) is 12.2. The van der Waals surface area contributed by atoms with Crippen LogP contribution in [0.4, 0.5) is 0 Å². The SMILES string of the molecule is CS(C)(C)c1ccc(-n2c3ccccc3c3cc(-c4ccc5c6ccccc6n(-c6cccc(-c7cc(-c8ccccc8)nc(-c8ccccc8)c7)c6)c5c4)ccc32)cc1. The highest BCUT2D eigenvalue weighted by atomic mass is 32.3. The summed E-state index contributed by atoms with van der Waals surface area (Å²) in [5, 5.41) is 4.99. The van der Waals surface area contributed by atoms with E-state index in [9.17, 15) is 0 Å². The van der Waals surface area contributed by atoms with Crippen LogP contribution in [0.5, 0.6) is 0 Å². The molecular weight excluding hydrogens is 747 g/mol. The zero-order valence-corrected chi connectivity index (χ0v) is 34.7. The van der Waals surface area contributed by atoms with Crippen LogP contribution in [0, 0.1) is 0 Å². The molecule has 0 aliphatic rings. The minimum absolute atomic E-state index is 0.806. The van der Waals surface area contributed by atoms with Crippen LogP contribution >= 0.6 is 10.0 Å². The van der Waals surface area contributed by atoms with Gasteiger partial charge in [-0.25, -0.2) is 15.0 Å². The molecule has 0 aliphatic heterocycles. The number of benzene rings is 8. The predicted molar refractivity (Wildman–Crippen MR) is 258 cm³/mol. The summed E-state index contributed by atoms with van der Waals surface area (Å²) in [5.74, 6) is 0. The van der Waals surface area contributed by atoms with E-state index in [1.165, 1.54) is 65.3 Å². The Morgan fingerprint density at radius 3 is 1.47 bits per heavy atom. The molecule has 288 valence electrons. The van der Waals surface area contributed by atoms with Crippen LogP contribution in [0.1, 0.15) is 0 Å². The van der Waals surface area contributed by atoms with Crippen molar-refractivity contribution in [1.82, 2.24) is 14.1 Å². The molecule has 0 saturated carbocycles. The van der Waals surface area contributed by atoms with Crippen molar-refractivity contribution in [1.29, 1.82) is 0 Å². The van der Waals surface area contributed by atoms with E-state index >= 15 is 0 Å². The van der Waals surface area contributed by atoms with Gasteiger partial charge in [0.05, 0.1) is 33.5 Å². The summed E-state index contributed by atoms with van der Waals surface area (Å²) in [6.07, 6.45) is 7.05. The molecule has 0 saturated heterocycles. The van der Waals surface area contributed by atoms with Crippen LogP contribution < -0.4 is 0 Å². The van der Waals surface area contributed by atoms with E-state index in [0.29, 0.717) is 0 Å². The van der Waals surface area contributed by atoms with Crippen molar-refractivity contribution in [3.63, 3.8) is 0 Å². The Hall–Kier alpha value is -7.14. The zero-order valence-electron chi connectivity index (χ0n) is 33.9.